The summed E-state index contributed by atoms with van der Waals surface area (Å²) in [7, 11) is 4.13. The van der Waals surface area contributed by atoms with Crippen LogP contribution < -0.4 is 0 Å². The number of Topliss-reactive ketones (excluding diaryl/α,β-unsaturated/α-hetero) is 1. The van der Waals surface area contributed by atoms with Gasteiger partial charge in [0.2, 0.25) is 0 Å². The summed E-state index contributed by atoms with van der Waals surface area (Å²) in [4.78, 5) is 16.4. The number of phenols is 1. The minimum atomic E-state index is -0.502. The van der Waals surface area contributed by atoms with E-state index in [-0.39, 0.29) is 23.6 Å². The van der Waals surface area contributed by atoms with Gasteiger partial charge in [0.05, 0.1) is 12.1 Å². The Balaban J connectivity index is 1.94. The zero-order valence-electron chi connectivity index (χ0n) is 12.0. The number of ketones is 1. The lowest BCUT2D eigenvalue weighted by molar-refractivity contribution is 0.0871. The van der Waals surface area contributed by atoms with Crippen LogP contribution >= 0.6 is 0 Å². The Morgan fingerprint density at radius 1 is 1.40 bits per heavy atom. The number of phenolic OH excluding ortho intramolecular Hbond substituents is 1. The third kappa shape index (κ3) is 3.55. The molecule has 20 heavy (non-hydrogen) atoms. The summed E-state index contributed by atoms with van der Waals surface area (Å²) in [6.07, 6.45) is 2.05. The van der Waals surface area contributed by atoms with Crippen molar-refractivity contribution in [3.63, 3.8) is 0 Å². The lowest BCUT2D eigenvalue weighted by atomic mass is 10.0. The zero-order chi connectivity index (χ0) is 14.7. The molecule has 0 spiro atoms. The Morgan fingerprint density at radius 3 is 2.65 bits per heavy atom. The molecular weight excluding hydrogens is 259 g/mol. The summed E-state index contributed by atoms with van der Waals surface area (Å²) in [5.74, 6) is -0.887. The molecule has 1 aliphatic heterocycles. The van der Waals surface area contributed by atoms with Gasteiger partial charge in [-0.15, -0.1) is 0 Å². The monoisotopic (exact) mass is 280 g/mol. The first-order chi connectivity index (χ1) is 9.47. The Kier molecular flexibility index (Phi) is 4.73. The third-order valence-corrected chi connectivity index (χ3v) is 3.91. The number of piperidine rings is 1. The summed E-state index contributed by atoms with van der Waals surface area (Å²) in [6.45, 7) is 1.94. The number of nitrogens with zero attached hydrogens (tertiary/aromatic N) is 2. The van der Waals surface area contributed by atoms with E-state index < -0.39 is 5.82 Å². The summed E-state index contributed by atoms with van der Waals surface area (Å²) >= 11 is 0. The number of aromatic hydroxyl groups is 1. The van der Waals surface area contributed by atoms with Crippen LogP contribution in [0.25, 0.3) is 0 Å². The molecule has 2 rings (SSSR count). The van der Waals surface area contributed by atoms with Crippen LogP contribution in [0.15, 0.2) is 18.2 Å². The van der Waals surface area contributed by atoms with Gasteiger partial charge in [0.1, 0.15) is 11.6 Å². The molecule has 1 N–H and O–H groups in total. The van der Waals surface area contributed by atoms with Crippen molar-refractivity contribution < 1.29 is 14.3 Å². The summed E-state index contributed by atoms with van der Waals surface area (Å²) in [5, 5.41) is 9.64. The minimum Gasteiger partial charge on any atom is -0.507 e. The van der Waals surface area contributed by atoms with Gasteiger partial charge in [-0.25, -0.2) is 4.39 Å². The van der Waals surface area contributed by atoms with Crippen molar-refractivity contribution in [1.82, 2.24) is 9.80 Å². The van der Waals surface area contributed by atoms with Crippen molar-refractivity contribution in [2.45, 2.75) is 18.9 Å². The molecule has 0 radical (unpaired) electrons. The highest BCUT2D eigenvalue weighted by Crippen LogP contribution is 2.20. The molecule has 1 aliphatic rings. The molecule has 110 valence electrons. The predicted molar refractivity (Wildman–Crippen MR) is 75.5 cm³/mol. The van der Waals surface area contributed by atoms with Crippen LogP contribution in [0.3, 0.4) is 0 Å². The maximum absolute atomic E-state index is 13.1. The highest BCUT2D eigenvalue weighted by Gasteiger charge is 2.23. The molecule has 0 aliphatic carbocycles. The molecule has 1 aromatic rings. The van der Waals surface area contributed by atoms with Gasteiger partial charge < -0.3 is 10.0 Å². The minimum absolute atomic E-state index is 0.0692. The van der Waals surface area contributed by atoms with Crippen LogP contribution in [0.1, 0.15) is 23.2 Å². The average Bonchev–Trinajstić information content (AvgIpc) is 2.42. The van der Waals surface area contributed by atoms with Gasteiger partial charge in [-0.2, -0.15) is 0 Å². The number of benzene rings is 1. The number of halogens is 1. The highest BCUT2D eigenvalue weighted by atomic mass is 19.1. The van der Waals surface area contributed by atoms with Crippen molar-refractivity contribution >= 4 is 5.78 Å². The zero-order valence-corrected chi connectivity index (χ0v) is 12.0. The standard InChI is InChI=1S/C15H21FN2O2/c1-17(2)12-5-7-18(8-6-12)10-15(20)13-9-11(16)3-4-14(13)19/h3-4,9,12,19H,5-8,10H2,1-2H3. The van der Waals surface area contributed by atoms with Crippen LogP contribution in [0, 0.1) is 5.82 Å². The van der Waals surface area contributed by atoms with Gasteiger partial charge in [-0.3, -0.25) is 9.69 Å². The number of carbonyl (C=O) groups is 1. The highest BCUT2D eigenvalue weighted by molar-refractivity contribution is 6.00. The van der Waals surface area contributed by atoms with Crippen LogP contribution in [0.2, 0.25) is 0 Å². The van der Waals surface area contributed by atoms with Crippen molar-refractivity contribution in [1.29, 1.82) is 0 Å². The second-order valence-corrected chi connectivity index (χ2v) is 5.56. The Morgan fingerprint density at radius 2 is 2.05 bits per heavy atom. The fraction of sp³-hybridized carbons (Fsp3) is 0.533. The Bertz CT molecular complexity index is 483. The lowest BCUT2D eigenvalue weighted by Crippen LogP contribution is -2.43. The maximum atomic E-state index is 13.1. The fourth-order valence-electron chi connectivity index (χ4n) is 2.61. The average molecular weight is 280 g/mol. The van der Waals surface area contributed by atoms with E-state index in [1.54, 1.807) is 0 Å². The van der Waals surface area contributed by atoms with E-state index >= 15 is 0 Å². The van der Waals surface area contributed by atoms with E-state index in [0.29, 0.717) is 6.04 Å². The number of rotatable bonds is 4. The molecular formula is C15H21FN2O2. The van der Waals surface area contributed by atoms with Crippen LogP contribution in [-0.4, -0.2) is 60.5 Å². The molecule has 1 saturated heterocycles. The SMILES string of the molecule is CN(C)C1CCN(CC(=O)c2cc(F)ccc2O)CC1. The number of carbonyl (C=O) groups excluding carboxylic acids is 1. The van der Waals surface area contributed by atoms with E-state index in [1.165, 1.54) is 6.07 Å². The van der Waals surface area contributed by atoms with E-state index in [4.69, 9.17) is 0 Å². The van der Waals surface area contributed by atoms with Crippen molar-refractivity contribution in [2.24, 2.45) is 0 Å². The van der Waals surface area contributed by atoms with Crippen LogP contribution in [0.4, 0.5) is 4.39 Å². The third-order valence-electron chi connectivity index (χ3n) is 3.91. The van der Waals surface area contributed by atoms with Gasteiger partial charge in [0.15, 0.2) is 5.78 Å². The Labute approximate surface area is 118 Å². The van der Waals surface area contributed by atoms with E-state index in [2.05, 4.69) is 23.9 Å². The lowest BCUT2D eigenvalue weighted by Gasteiger charge is -2.34. The van der Waals surface area contributed by atoms with Crippen molar-refractivity contribution in [3.8, 4) is 5.75 Å². The second kappa shape index (κ2) is 6.33. The molecule has 0 bridgehead atoms. The topological polar surface area (TPSA) is 43.8 Å². The van der Waals surface area contributed by atoms with E-state index in [9.17, 15) is 14.3 Å². The Hall–Kier alpha value is -1.46. The van der Waals surface area contributed by atoms with E-state index in [1.807, 2.05) is 0 Å². The quantitative estimate of drug-likeness (QED) is 0.853. The summed E-state index contributed by atoms with van der Waals surface area (Å²) in [5.41, 5.74) is 0.0692. The molecule has 0 atom stereocenters. The van der Waals surface area contributed by atoms with Crippen molar-refractivity contribution in [2.75, 3.05) is 33.7 Å². The molecule has 5 heteroatoms. The normalized spacial score (nSPS) is 17.6. The van der Waals surface area contributed by atoms with Crippen LogP contribution in [0.5, 0.6) is 5.75 Å². The molecule has 4 nitrogen and oxygen atoms in total. The number of likely N-dealkylation sites (tertiary alicyclic amines) is 1. The number of hydrogen-bond donors (Lipinski definition) is 1. The van der Waals surface area contributed by atoms with Gasteiger partial charge in [-0.1, -0.05) is 0 Å². The molecule has 0 unspecified atom stereocenters. The summed E-state index contributed by atoms with van der Waals surface area (Å²) in [6, 6.07) is 4.03. The van der Waals surface area contributed by atoms with Crippen molar-refractivity contribution in [3.05, 3.63) is 29.6 Å². The first-order valence-electron chi connectivity index (χ1n) is 6.88. The van der Waals surface area contributed by atoms with Gasteiger partial charge in [-0.05, 0) is 45.1 Å². The van der Waals surface area contributed by atoms with Gasteiger partial charge >= 0.3 is 0 Å². The maximum Gasteiger partial charge on any atom is 0.180 e. The second-order valence-electron chi connectivity index (χ2n) is 5.56. The molecule has 1 fully saturated rings. The molecule has 1 heterocycles. The molecule has 0 saturated carbocycles. The smallest absolute Gasteiger partial charge is 0.180 e. The van der Waals surface area contributed by atoms with Crippen LogP contribution in [-0.2, 0) is 0 Å². The fourth-order valence-corrected chi connectivity index (χ4v) is 2.61. The molecule has 1 aromatic carbocycles. The molecule has 0 aromatic heterocycles. The van der Waals surface area contributed by atoms with Gasteiger partial charge in [0.25, 0.3) is 0 Å². The van der Waals surface area contributed by atoms with E-state index in [0.717, 1.165) is 38.1 Å². The number of hydrogen-bond acceptors (Lipinski definition) is 4. The summed E-state index contributed by atoms with van der Waals surface area (Å²) < 4.78 is 13.1. The first-order valence-corrected chi connectivity index (χ1v) is 6.88. The van der Waals surface area contributed by atoms with Gasteiger partial charge in [0, 0.05) is 19.1 Å². The first kappa shape index (κ1) is 14.9. The molecule has 0 amide bonds. The largest absolute Gasteiger partial charge is 0.507 e. The predicted octanol–water partition coefficient (Wildman–Crippen LogP) is 1.74.